The van der Waals surface area contributed by atoms with Crippen LogP contribution in [-0.4, -0.2) is 0 Å². The van der Waals surface area contributed by atoms with Crippen molar-refractivity contribution in [2.24, 2.45) is 0 Å². The van der Waals surface area contributed by atoms with Crippen LogP contribution in [0.1, 0.15) is 5.56 Å². The van der Waals surface area contributed by atoms with Crippen LogP contribution in [0, 0.1) is 0 Å². The molecule has 4 heteroatoms. The molecule has 2 nitrogen and oxygen atoms in total. The van der Waals surface area contributed by atoms with Crippen molar-refractivity contribution in [1.82, 2.24) is 0 Å². The number of nitrogen functional groups attached to an aromatic ring is 1. The van der Waals surface area contributed by atoms with Gasteiger partial charge < -0.3 is 10.5 Å². The molecule has 0 atom stereocenters. The van der Waals surface area contributed by atoms with Gasteiger partial charge in [0, 0.05) is 16.8 Å². The van der Waals surface area contributed by atoms with Crippen LogP contribution in [0.15, 0.2) is 42.5 Å². The molecule has 17 heavy (non-hydrogen) atoms. The molecule has 0 aromatic heterocycles. The number of rotatable bonds is 3. The van der Waals surface area contributed by atoms with Crippen LogP contribution in [0.25, 0.3) is 0 Å². The van der Waals surface area contributed by atoms with Gasteiger partial charge in [-0.05, 0) is 29.8 Å². The van der Waals surface area contributed by atoms with Gasteiger partial charge in [-0.3, -0.25) is 0 Å². The Bertz CT molecular complexity index is 529. The number of ether oxygens (including phenoxy) is 1. The van der Waals surface area contributed by atoms with Crippen molar-refractivity contribution < 1.29 is 4.74 Å². The van der Waals surface area contributed by atoms with Crippen LogP contribution in [0.2, 0.25) is 10.0 Å². The van der Waals surface area contributed by atoms with E-state index in [1.807, 2.05) is 24.3 Å². The standard InChI is InChI=1S/C13H11Cl2NO/c14-10-4-5-12(15)13(7-10)17-8-9-2-1-3-11(16)6-9/h1-7H,8,16H2. The predicted octanol–water partition coefficient (Wildman–Crippen LogP) is 4.15. The van der Waals surface area contributed by atoms with E-state index in [4.69, 9.17) is 33.7 Å². The van der Waals surface area contributed by atoms with Crippen molar-refractivity contribution in [2.45, 2.75) is 6.61 Å². The molecule has 88 valence electrons. The second-order valence-corrected chi connectivity index (χ2v) is 4.45. The highest BCUT2D eigenvalue weighted by atomic mass is 35.5. The van der Waals surface area contributed by atoms with Crippen LogP contribution in [0.3, 0.4) is 0 Å². The molecule has 0 amide bonds. The zero-order chi connectivity index (χ0) is 12.3. The minimum Gasteiger partial charge on any atom is -0.487 e. The number of benzene rings is 2. The maximum Gasteiger partial charge on any atom is 0.139 e. The molecule has 0 saturated carbocycles. The second-order valence-electron chi connectivity index (χ2n) is 3.61. The molecule has 0 radical (unpaired) electrons. The molecule has 0 aliphatic carbocycles. The van der Waals surface area contributed by atoms with Gasteiger partial charge in [-0.25, -0.2) is 0 Å². The van der Waals surface area contributed by atoms with E-state index in [0.29, 0.717) is 28.1 Å². The molecule has 2 aromatic carbocycles. The average Bonchev–Trinajstić information content (AvgIpc) is 2.30. The molecule has 0 aliphatic rings. The Morgan fingerprint density at radius 2 is 1.88 bits per heavy atom. The fourth-order valence-corrected chi connectivity index (χ4v) is 1.77. The maximum absolute atomic E-state index is 5.99. The molecule has 0 saturated heterocycles. The fraction of sp³-hybridized carbons (Fsp3) is 0.0769. The highest BCUT2D eigenvalue weighted by Crippen LogP contribution is 2.28. The number of hydrogen-bond acceptors (Lipinski definition) is 2. The molecular formula is C13H11Cl2NO. The molecule has 2 rings (SSSR count). The summed E-state index contributed by atoms with van der Waals surface area (Å²) in [7, 11) is 0. The summed E-state index contributed by atoms with van der Waals surface area (Å²) in [4.78, 5) is 0. The monoisotopic (exact) mass is 267 g/mol. The topological polar surface area (TPSA) is 35.2 Å². The third-order valence-corrected chi connectivity index (χ3v) is 2.79. The summed E-state index contributed by atoms with van der Waals surface area (Å²) in [6.07, 6.45) is 0. The summed E-state index contributed by atoms with van der Waals surface area (Å²) in [5.41, 5.74) is 7.38. The number of halogens is 2. The smallest absolute Gasteiger partial charge is 0.139 e. The third kappa shape index (κ3) is 3.29. The average molecular weight is 268 g/mol. The Kier molecular flexibility index (Phi) is 3.77. The van der Waals surface area contributed by atoms with Gasteiger partial charge in [-0.1, -0.05) is 35.3 Å². The van der Waals surface area contributed by atoms with E-state index in [9.17, 15) is 0 Å². The second kappa shape index (κ2) is 5.30. The number of anilines is 1. The first-order chi connectivity index (χ1) is 8.15. The van der Waals surface area contributed by atoms with E-state index in [0.717, 1.165) is 5.56 Å². The molecule has 0 bridgehead atoms. The molecule has 2 N–H and O–H groups in total. The van der Waals surface area contributed by atoms with E-state index in [1.54, 1.807) is 18.2 Å². The van der Waals surface area contributed by atoms with Gasteiger partial charge in [0.15, 0.2) is 0 Å². The van der Waals surface area contributed by atoms with E-state index in [-0.39, 0.29) is 0 Å². The van der Waals surface area contributed by atoms with Gasteiger partial charge in [-0.2, -0.15) is 0 Å². The molecule has 0 spiro atoms. The summed E-state index contributed by atoms with van der Waals surface area (Å²) in [5, 5.41) is 1.13. The largest absolute Gasteiger partial charge is 0.487 e. The van der Waals surface area contributed by atoms with Crippen LogP contribution in [0.5, 0.6) is 5.75 Å². The normalized spacial score (nSPS) is 10.2. The Balaban J connectivity index is 2.09. The zero-order valence-corrected chi connectivity index (χ0v) is 10.5. The van der Waals surface area contributed by atoms with Crippen LogP contribution < -0.4 is 10.5 Å². The van der Waals surface area contributed by atoms with Crippen LogP contribution in [0.4, 0.5) is 5.69 Å². The Labute approximate surface area is 110 Å². The lowest BCUT2D eigenvalue weighted by Gasteiger charge is -2.08. The summed E-state index contributed by atoms with van der Waals surface area (Å²) in [5.74, 6) is 0.571. The first-order valence-corrected chi connectivity index (χ1v) is 5.83. The Hall–Kier alpha value is -1.38. The molecule has 0 unspecified atom stereocenters. The molecule has 0 fully saturated rings. The first kappa shape index (κ1) is 12.1. The number of nitrogens with two attached hydrogens (primary N) is 1. The molecule has 2 aromatic rings. The number of hydrogen-bond donors (Lipinski definition) is 1. The first-order valence-electron chi connectivity index (χ1n) is 5.07. The van der Waals surface area contributed by atoms with Gasteiger partial charge in [0.1, 0.15) is 12.4 Å². The highest BCUT2D eigenvalue weighted by molar-refractivity contribution is 6.34. The van der Waals surface area contributed by atoms with Gasteiger partial charge in [0.2, 0.25) is 0 Å². The van der Waals surface area contributed by atoms with E-state index in [1.165, 1.54) is 0 Å². The zero-order valence-electron chi connectivity index (χ0n) is 8.99. The Morgan fingerprint density at radius 3 is 2.65 bits per heavy atom. The van der Waals surface area contributed by atoms with Crippen LogP contribution in [-0.2, 0) is 6.61 Å². The van der Waals surface area contributed by atoms with Gasteiger partial charge >= 0.3 is 0 Å². The fourth-order valence-electron chi connectivity index (χ4n) is 1.43. The summed E-state index contributed by atoms with van der Waals surface area (Å²) in [6, 6.07) is 12.6. The summed E-state index contributed by atoms with van der Waals surface area (Å²) in [6.45, 7) is 0.408. The van der Waals surface area contributed by atoms with Crippen molar-refractivity contribution in [3.8, 4) is 5.75 Å². The van der Waals surface area contributed by atoms with Crippen molar-refractivity contribution in [3.63, 3.8) is 0 Å². The van der Waals surface area contributed by atoms with E-state index in [2.05, 4.69) is 0 Å². The van der Waals surface area contributed by atoms with Crippen molar-refractivity contribution in [3.05, 3.63) is 58.1 Å². The van der Waals surface area contributed by atoms with E-state index >= 15 is 0 Å². The van der Waals surface area contributed by atoms with E-state index < -0.39 is 0 Å². The lowest BCUT2D eigenvalue weighted by Crippen LogP contribution is -1.97. The van der Waals surface area contributed by atoms with Gasteiger partial charge in [0.25, 0.3) is 0 Å². The predicted molar refractivity (Wildman–Crippen MR) is 71.6 cm³/mol. The SMILES string of the molecule is Nc1cccc(COc2cc(Cl)ccc2Cl)c1. The van der Waals surface area contributed by atoms with Crippen molar-refractivity contribution in [2.75, 3.05) is 5.73 Å². The Morgan fingerprint density at radius 1 is 1.06 bits per heavy atom. The minimum atomic E-state index is 0.408. The third-order valence-electron chi connectivity index (χ3n) is 2.24. The highest BCUT2D eigenvalue weighted by Gasteiger charge is 2.03. The lowest BCUT2D eigenvalue weighted by atomic mass is 10.2. The lowest BCUT2D eigenvalue weighted by molar-refractivity contribution is 0.306. The van der Waals surface area contributed by atoms with Crippen molar-refractivity contribution in [1.29, 1.82) is 0 Å². The van der Waals surface area contributed by atoms with Gasteiger partial charge in [-0.15, -0.1) is 0 Å². The summed E-state index contributed by atoms with van der Waals surface area (Å²) >= 11 is 11.9. The molecule has 0 aliphatic heterocycles. The minimum absolute atomic E-state index is 0.408. The maximum atomic E-state index is 5.99. The molecular weight excluding hydrogens is 257 g/mol. The van der Waals surface area contributed by atoms with Crippen LogP contribution >= 0.6 is 23.2 Å². The quantitative estimate of drug-likeness (QED) is 0.848. The summed E-state index contributed by atoms with van der Waals surface area (Å²) < 4.78 is 5.59. The molecule has 0 heterocycles. The van der Waals surface area contributed by atoms with Crippen molar-refractivity contribution >= 4 is 28.9 Å². The van der Waals surface area contributed by atoms with Gasteiger partial charge in [0.05, 0.1) is 5.02 Å².